The van der Waals surface area contributed by atoms with Gasteiger partial charge < -0.3 is 11.1 Å². The number of fused-ring (bicyclic) bond motifs is 2. The molecule has 1 aromatic heterocycles. The van der Waals surface area contributed by atoms with Crippen molar-refractivity contribution < 1.29 is 4.79 Å². The summed E-state index contributed by atoms with van der Waals surface area (Å²) in [6, 6.07) is 9.58. The zero-order valence-electron chi connectivity index (χ0n) is 14.5. The maximum Gasteiger partial charge on any atom is 0.228 e. The first-order valence-corrected chi connectivity index (χ1v) is 9.36. The van der Waals surface area contributed by atoms with Gasteiger partial charge in [0.05, 0.1) is 10.7 Å². The standard InChI is InChI=1S/C19H23ClN4O.ClH/c20-15-6-1-2-7-16(15)24-9-8-17(23-24)22-19(25)14-10-12-4-3-5-13(11-14)18(12)21;/h1-2,6-9,12-14,18H,3-5,10-11,21H2,(H,22,23,25);1H. The number of nitrogens with zero attached hydrogens (tertiary/aromatic N) is 2. The second-order valence-corrected chi connectivity index (χ2v) is 7.69. The molecule has 1 aromatic carbocycles. The van der Waals surface area contributed by atoms with Gasteiger partial charge in [0.1, 0.15) is 0 Å². The predicted octanol–water partition coefficient (Wildman–Crippen LogP) is 4.04. The van der Waals surface area contributed by atoms with Crippen molar-refractivity contribution in [2.75, 3.05) is 5.32 Å². The molecule has 26 heavy (non-hydrogen) atoms. The van der Waals surface area contributed by atoms with Crippen molar-refractivity contribution in [1.82, 2.24) is 9.78 Å². The SMILES string of the molecule is Cl.NC1C2CCCC1CC(C(=O)Nc1ccn(-c3ccccc3Cl)n1)C2. The van der Waals surface area contributed by atoms with Gasteiger partial charge in [-0.05, 0) is 49.7 Å². The van der Waals surface area contributed by atoms with Crippen LogP contribution in [0.25, 0.3) is 5.69 Å². The van der Waals surface area contributed by atoms with Gasteiger partial charge in [-0.1, -0.05) is 30.2 Å². The molecule has 2 bridgehead atoms. The number of carbonyl (C=O) groups excluding carboxylic acids is 1. The number of benzene rings is 1. The third-order valence-electron chi connectivity index (χ3n) is 5.72. The first-order chi connectivity index (χ1) is 12.1. The Bertz CT molecular complexity index is 764. The molecule has 4 rings (SSSR count). The highest BCUT2D eigenvalue weighted by molar-refractivity contribution is 6.32. The van der Waals surface area contributed by atoms with Crippen LogP contribution in [0.4, 0.5) is 5.82 Å². The molecule has 2 saturated carbocycles. The average molecular weight is 395 g/mol. The van der Waals surface area contributed by atoms with E-state index in [4.69, 9.17) is 17.3 Å². The van der Waals surface area contributed by atoms with Crippen LogP contribution in [-0.2, 0) is 4.79 Å². The lowest BCUT2D eigenvalue weighted by atomic mass is 9.65. The summed E-state index contributed by atoms with van der Waals surface area (Å²) in [5.74, 6) is 1.64. The Hall–Kier alpha value is -1.56. The normalized spacial score (nSPS) is 27.5. The predicted molar refractivity (Wildman–Crippen MR) is 106 cm³/mol. The van der Waals surface area contributed by atoms with Gasteiger partial charge in [0.2, 0.25) is 5.91 Å². The molecule has 0 radical (unpaired) electrons. The third kappa shape index (κ3) is 3.75. The highest BCUT2D eigenvalue weighted by Crippen LogP contribution is 2.42. The Kier molecular flexibility index (Phi) is 5.90. The molecular formula is C19H24Cl2N4O. The summed E-state index contributed by atoms with van der Waals surface area (Å²) in [7, 11) is 0. The Morgan fingerprint density at radius 3 is 2.58 bits per heavy atom. The molecule has 0 aliphatic heterocycles. The second-order valence-electron chi connectivity index (χ2n) is 7.28. The van der Waals surface area contributed by atoms with Gasteiger partial charge in [0, 0.05) is 24.2 Å². The van der Waals surface area contributed by atoms with Crippen molar-refractivity contribution in [1.29, 1.82) is 0 Å². The van der Waals surface area contributed by atoms with E-state index in [1.54, 1.807) is 10.7 Å². The zero-order chi connectivity index (χ0) is 17.4. The van der Waals surface area contributed by atoms with Crippen LogP contribution in [0.3, 0.4) is 0 Å². The van der Waals surface area contributed by atoms with Crippen molar-refractivity contribution in [2.45, 2.75) is 38.1 Å². The lowest BCUT2D eigenvalue weighted by molar-refractivity contribution is -0.122. The quantitative estimate of drug-likeness (QED) is 0.824. The van der Waals surface area contributed by atoms with Gasteiger partial charge in [-0.2, -0.15) is 5.10 Å². The fourth-order valence-electron chi connectivity index (χ4n) is 4.39. The molecule has 1 amide bonds. The molecule has 140 valence electrons. The number of aromatic nitrogens is 2. The highest BCUT2D eigenvalue weighted by atomic mass is 35.5. The Balaban J connectivity index is 0.00000196. The van der Waals surface area contributed by atoms with Crippen molar-refractivity contribution in [3.05, 3.63) is 41.6 Å². The molecule has 1 heterocycles. The van der Waals surface area contributed by atoms with Gasteiger partial charge in [-0.3, -0.25) is 4.79 Å². The Labute approximate surface area is 164 Å². The largest absolute Gasteiger partial charge is 0.327 e. The number of rotatable bonds is 3. The fourth-order valence-corrected chi connectivity index (χ4v) is 4.62. The maximum absolute atomic E-state index is 12.7. The molecule has 2 aliphatic carbocycles. The van der Waals surface area contributed by atoms with Crippen LogP contribution in [0, 0.1) is 17.8 Å². The van der Waals surface area contributed by atoms with E-state index in [1.807, 2.05) is 30.5 Å². The smallest absolute Gasteiger partial charge is 0.228 e. The lowest BCUT2D eigenvalue weighted by Crippen LogP contribution is -2.48. The summed E-state index contributed by atoms with van der Waals surface area (Å²) in [6.45, 7) is 0. The van der Waals surface area contributed by atoms with Crippen LogP contribution in [-0.4, -0.2) is 21.7 Å². The summed E-state index contributed by atoms with van der Waals surface area (Å²) >= 11 is 6.20. The topological polar surface area (TPSA) is 72.9 Å². The molecule has 2 fully saturated rings. The first kappa shape index (κ1) is 19.2. The molecule has 0 spiro atoms. The zero-order valence-corrected chi connectivity index (χ0v) is 16.0. The van der Waals surface area contributed by atoms with E-state index >= 15 is 0 Å². The number of hydrogen-bond donors (Lipinski definition) is 2. The minimum atomic E-state index is 0. The Morgan fingerprint density at radius 2 is 1.88 bits per heavy atom. The average Bonchev–Trinajstić information content (AvgIpc) is 3.03. The molecule has 7 heteroatoms. The minimum absolute atomic E-state index is 0. The summed E-state index contributed by atoms with van der Waals surface area (Å²) in [6.07, 6.45) is 7.16. The monoisotopic (exact) mass is 394 g/mol. The number of anilines is 1. The number of nitrogens with two attached hydrogens (primary N) is 1. The molecule has 2 aliphatic rings. The number of para-hydroxylation sites is 1. The van der Waals surface area contributed by atoms with Crippen LogP contribution >= 0.6 is 24.0 Å². The molecule has 3 N–H and O–H groups in total. The van der Waals surface area contributed by atoms with Crippen molar-refractivity contribution in [2.24, 2.45) is 23.5 Å². The number of halogens is 2. The highest BCUT2D eigenvalue weighted by Gasteiger charge is 2.40. The van der Waals surface area contributed by atoms with Gasteiger partial charge in [0.15, 0.2) is 5.82 Å². The fraction of sp³-hybridized carbons (Fsp3) is 0.474. The van der Waals surface area contributed by atoms with E-state index in [2.05, 4.69) is 10.4 Å². The first-order valence-electron chi connectivity index (χ1n) is 8.99. The third-order valence-corrected chi connectivity index (χ3v) is 6.04. The van der Waals surface area contributed by atoms with Crippen molar-refractivity contribution >= 4 is 35.7 Å². The van der Waals surface area contributed by atoms with Gasteiger partial charge in [-0.25, -0.2) is 4.68 Å². The van der Waals surface area contributed by atoms with Crippen LogP contribution in [0.15, 0.2) is 36.5 Å². The molecule has 2 aromatic rings. The molecule has 2 unspecified atom stereocenters. The minimum Gasteiger partial charge on any atom is -0.327 e. The lowest BCUT2D eigenvalue weighted by Gasteiger charge is -2.43. The van der Waals surface area contributed by atoms with E-state index in [9.17, 15) is 4.79 Å². The summed E-state index contributed by atoms with van der Waals surface area (Å²) in [5.41, 5.74) is 7.12. The van der Waals surface area contributed by atoms with Gasteiger partial charge in [-0.15, -0.1) is 12.4 Å². The van der Waals surface area contributed by atoms with Crippen LogP contribution in [0.5, 0.6) is 0 Å². The number of nitrogens with one attached hydrogen (secondary N) is 1. The van der Waals surface area contributed by atoms with Crippen LogP contribution < -0.4 is 11.1 Å². The molecule has 0 saturated heterocycles. The van der Waals surface area contributed by atoms with Crippen LogP contribution in [0.2, 0.25) is 5.02 Å². The van der Waals surface area contributed by atoms with E-state index in [-0.39, 0.29) is 30.3 Å². The van der Waals surface area contributed by atoms with Gasteiger partial charge >= 0.3 is 0 Å². The summed E-state index contributed by atoms with van der Waals surface area (Å²) < 4.78 is 1.68. The number of amides is 1. The Morgan fingerprint density at radius 1 is 1.19 bits per heavy atom. The molecule has 2 atom stereocenters. The van der Waals surface area contributed by atoms with E-state index in [1.165, 1.54) is 6.42 Å². The van der Waals surface area contributed by atoms with Crippen molar-refractivity contribution in [3.63, 3.8) is 0 Å². The molecule has 5 nitrogen and oxygen atoms in total. The summed E-state index contributed by atoms with van der Waals surface area (Å²) in [5, 5.41) is 8.03. The summed E-state index contributed by atoms with van der Waals surface area (Å²) in [4.78, 5) is 12.7. The van der Waals surface area contributed by atoms with E-state index in [0.717, 1.165) is 31.4 Å². The van der Waals surface area contributed by atoms with E-state index in [0.29, 0.717) is 22.7 Å². The maximum atomic E-state index is 12.7. The number of carbonyl (C=O) groups is 1. The van der Waals surface area contributed by atoms with Crippen LogP contribution in [0.1, 0.15) is 32.1 Å². The molecular weight excluding hydrogens is 371 g/mol. The van der Waals surface area contributed by atoms with Crippen molar-refractivity contribution in [3.8, 4) is 5.69 Å². The van der Waals surface area contributed by atoms with Gasteiger partial charge in [0.25, 0.3) is 0 Å². The van der Waals surface area contributed by atoms with E-state index < -0.39 is 0 Å². The number of hydrogen-bond acceptors (Lipinski definition) is 3. The second kappa shape index (κ2) is 7.99.